The minimum Gasteiger partial charge on any atom is -0.167 e. The lowest BCUT2D eigenvalue weighted by Crippen LogP contribution is -1.99. The van der Waals surface area contributed by atoms with Crippen LogP contribution in [-0.2, 0) is 0 Å². The van der Waals surface area contributed by atoms with E-state index < -0.39 is 6.18 Å². The topological polar surface area (TPSA) is 0 Å². The Bertz CT molecular complexity index is 259. The Hall–Kier alpha value is -1.25. The van der Waals surface area contributed by atoms with Crippen LogP contribution in [0.4, 0.5) is 13.2 Å². The summed E-state index contributed by atoms with van der Waals surface area (Å²) in [5.41, 5.74) is 0.551. The summed E-state index contributed by atoms with van der Waals surface area (Å²) in [4.78, 5) is 0. The zero-order valence-corrected chi connectivity index (χ0v) is 6.18. The van der Waals surface area contributed by atoms with Crippen molar-refractivity contribution in [3.63, 3.8) is 0 Å². The molecule has 0 aliphatic rings. The maximum absolute atomic E-state index is 11.7. The van der Waals surface area contributed by atoms with Gasteiger partial charge in [0.1, 0.15) is 0 Å². The van der Waals surface area contributed by atoms with E-state index in [1.54, 1.807) is 30.3 Å². The first-order chi connectivity index (χ1) is 5.58. The Morgan fingerprint density at radius 3 is 2.08 bits per heavy atom. The van der Waals surface area contributed by atoms with Crippen molar-refractivity contribution in [2.75, 3.05) is 0 Å². The quantitative estimate of drug-likeness (QED) is 0.609. The van der Waals surface area contributed by atoms with Crippen molar-refractivity contribution in [2.24, 2.45) is 0 Å². The maximum atomic E-state index is 11.7. The van der Waals surface area contributed by atoms with Gasteiger partial charge in [0.05, 0.1) is 0 Å². The third-order valence-electron chi connectivity index (χ3n) is 1.26. The molecule has 0 spiro atoms. The Labute approximate surface area is 68.3 Å². The molecule has 0 nitrogen and oxygen atoms in total. The van der Waals surface area contributed by atoms with E-state index >= 15 is 0 Å². The molecule has 0 unspecified atom stereocenters. The second-order valence-corrected chi connectivity index (χ2v) is 2.29. The van der Waals surface area contributed by atoms with Crippen LogP contribution in [-0.4, -0.2) is 6.18 Å². The van der Waals surface area contributed by atoms with Crippen molar-refractivity contribution in [3.05, 3.63) is 42.0 Å². The highest BCUT2D eigenvalue weighted by atomic mass is 19.4. The monoisotopic (exact) mass is 172 g/mol. The van der Waals surface area contributed by atoms with Gasteiger partial charge < -0.3 is 0 Å². The molecule has 0 radical (unpaired) electrons. The fourth-order valence-electron chi connectivity index (χ4n) is 0.755. The molecule has 0 saturated heterocycles. The lowest BCUT2D eigenvalue weighted by atomic mass is 10.2. The highest BCUT2D eigenvalue weighted by molar-refractivity contribution is 5.49. The van der Waals surface area contributed by atoms with Crippen molar-refractivity contribution < 1.29 is 13.2 Å². The van der Waals surface area contributed by atoms with Gasteiger partial charge in [-0.2, -0.15) is 13.2 Å². The highest BCUT2D eigenvalue weighted by Gasteiger charge is 2.21. The van der Waals surface area contributed by atoms with Gasteiger partial charge in [0.2, 0.25) is 0 Å². The van der Waals surface area contributed by atoms with Gasteiger partial charge >= 0.3 is 6.18 Å². The van der Waals surface area contributed by atoms with Crippen LogP contribution in [0.25, 0.3) is 6.08 Å². The zero-order valence-electron chi connectivity index (χ0n) is 6.18. The molecule has 1 aromatic carbocycles. The molecule has 0 saturated carbocycles. The molecule has 0 aliphatic heterocycles. The Morgan fingerprint density at radius 1 is 1.00 bits per heavy atom. The van der Waals surface area contributed by atoms with Crippen molar-refractivity contribution in [1.82, 2.24) is 0 Å². The summed E-state index contributed by atoms with van der Waals surface area (Å²) in [7, 11) is 0. The van der Waals surface area contributed by atoms with E-state index in [4.69, 9.17) is 0 Å². The molecular formula is C9H7F3. The van der Waals surface area contributed by atoms with Crippen molar-refractivity contribution in [3.8, 4) is 0 Å². The average Bonchev–Trinajstić information content (AvgIpc) is 2.02. The Morgan fingerprint density at radius 2 is 1.58 bits per heavy atom. The van der Waals surface area contributed by atoms with E-state index in [-0.39, 0.29) is 6.08 Å². The molecule has 0 fully saturated rings. The maximum Gasteiger partial charge on any atom is 0.409 e. The first-order valence-corrected chi connectivity index (χ1v) is 3.39. The summed E-state index contributed by atoms with van der Waals surface area (Å²) >= 11 is 0. The molecular weight excluding hydrogens is 165 g/mol. The van der Waals surface area contributed by atoms with Gasteiger partial charge in [-0.1, -0.05) is 36.4 Å². The van der Waals surface area contributed by atoms with E-state index in [1.807, 2.05) is 0 Å². The summed E-state index contributed by atoms with van der Waals surface area (Å²) in [6.45, 7) is 0. The molecule has 1 rings (SSSR count). The van der Waals surface area contributed by atoms with Gasteiger partial charge in [-0.05, 0) is 5.56 Å². The van der Waals surface area contributed by atoms with Crippen LogP contribution >= 0.6 is 0 Å². The Kier molecular flexibility index (Phi) is 2.53. The molecule has 0 aromatic heterocycles. The van der Waals surface area contributed by atoms with Crippen molar-refractivity contribution >= 4 is 6.08 Å². The lowest BCUT2D eigenvalue weighted by molar-refractivity contribution is -0.0790. The minimum absolute atomic E-state index is 0.225. The molecule has 3 heteroatoms. The number of alkyl halides is 3. The number of benzene rings is 1. The minimum atomic E-state index is -4.23. The second-order valence-electron chi connectivity index (χ2n) is 2.29. The molecule has 64 valence electrons. The normalized spacial score (nSPS) is 12.2. The predicted molar refractivity (Wildman–Crippen MR) is 41.5 cm³/mol. The molecule has 12 heavy (non-hydrogen) atoms. The third kappa shape index (κ3) is 3.23. The van der Waals surface area contributed by atoms with E-state index in [1.165, 1.54) is 0 Å². The van der Waals surface area contributed by atoms with E-state index in [0.717, 1.165) is 6.08 Å². The number of allylic oxidation sites excluding steroid dienone is 1. The molecule has 0 amide bonds. The molecule has 0 N–H and O–H groups in total. The second kappa shape index (κ2) is 3.43. The summed E-state index contributed by atoms with van der Waals surface area (Å²) < 4.78 is 35.0. The number of rotatable bonds is 1. The zero-order chi connectivity index (χ0) is 9.03. The van der Waals surface area contributed by atoms with Gasteiger partial charge in [-0.25, -0.2) is 0 Å². The summed E-state index contributed by atoms with van der Waals surface area (Å²) in [6.07, 6.45) is -2.96. The largest absolute Gasteiger partial charge is 0.409 e. The molecule has 1 aromatic rings. The number of halogens is 3. The third-order valence-corrected chi connectivity index (χ3v) is 1.26. The van der Waals surface area contributed by atoms with Gasteiger partial charge in [0.15, 0.2) is 0 Å². The summed E-state index contributed by atoms with van der Waals surface area (Å²) in [5.74, 6) is 0. The van der Waals surface area contributed by atoms with Crippen molar-refractivity contribution in [2.45, 2.75) is 6.18 Å². The van der Waals surface area contributed by atoms with Crippen LogP contribution < -0.4 is 0 Å². The fourth-order valence-corrected chi connectivity index (χ4v) is 0.755. The molecule has 0 aliphatic carbocycles. The van der Waals surface area contributed by atoms with Crippen LogP contribution in [0, 0.1) is 0 Å². The smallest absolute Gasteiger partial charge is 0.167 e. The van der Waals surface area contributed by atoms with Crippen LogP contribution in [0.1, 0.15) is 5.56 Å². The van der Waals surface area contributed by atoms with Gasteiger partial charge in [0, 0.05) is 6.08 Å². The Balaban J connectivity index is 2.71. The van der Waals surface area contributed by atoms with Gasteiger partial charge in [-0.15, -0.1) is 0 Å². The van der Waals surface area contributed by atoms with Crippen molar-refractivity contribution in [1.29, 1.82) is 0 Å². The van der Waals surface area contributed by atoms with E-state index in [9.17, 15) is 13.2 Å². The predicted octanol–water partition coefficient (Wildman–Crippen LogP) is 3.26. The van der Waals surface area contributed by atoms with E-state index in [0.29, 0.717) is 5.56 Å². The van der Waals surface area contributed by atoms with Gasteiger partial charge in [-0.3, -0.25) is 0 Å². The molecule has 0 heterocycles. The summed E-state index contributed by atoms with van der Waals surface area (Å²) in [5, 5.41) is 0. The molecule has 0 bridgehead atoms. The SMILES string of the molecule is FC(F)(F)/C=C\c1ccccc1. The standard InChI is InChI=1S/C9H7F3/c10-9(11,12)7-6-8-4-2-1-3-5-8/h1-7H/b7-6-. The summed E-state index contributed by atoms with van der Waals surface area (Å²) in [6, 6.07) is 8.36. The number of hydrogen-bond donors (Lipinski definition) is 0. The highest BCUT2D eigenvalue weighted by Crippen LogP contribution is 2.17. The first kappa shape index (κ1) is 8.84. The lowest BCUT2D eigenvalue weighted by Gasteiger charge is -1.96. The fraction of sp³-hybridized carbons (Fsp3) is 0.111. The first-order valence-electron chi connectivity index (χ1n) is 3.39. The molecule has 0 atom stereocenters. The van der Waals surface area contributed by atoms with E-state index in [2.05, 4.69) is 0 Å². The van der Waals surface area contributed by atoms with Crippen LogP contribution in [0.5, 0.6) is 0 Å². The van der Waals surface area contributed by atoms with Gasteiger partial charge in [0.25, 0.3) is 0 Å². The van der Waals surface area contributed by atoms with Crippen LogP contribution in [0.15, 0.2) is 36.4 Å². The van der Waals surface area contributed by atoms with Crippen LogP contribution in [0.3, 0.4) is 0 Å². The number of hydrogen-bond acceptors (Lipinski definition) is 0. The van der Waals surface area contributed by atoms with Crippen LogP contribution in [0.2, 0.25) is 0 Å². The average molecular weight is 172 g/mol.